The largest absolute Gasteiger partial charge is 0.485 e. The first-order valence-electron chi connectivity index (χ1n) is 9.40. The second-order valence-corrected chi connectivity index (χ2v) is 9.38. The SMILES string of the molecule is S=c1[nH]nc(COc2cccc3ccccc23)n1/N=C/c1cn[nH]c1-c1cc(Cl)sc1Cl. The van der Waals surface area contributed by atoms with Gasteiger partial charge in [-0.25, -0.2) is 5.10 Å². The lowest BCUT2D eigenvalue weighted by atomic mass is 10.1. The number of halogens is 2. The van der Waals surface area contributed by atoms with Gasteiger partial charge in [0.15, 0.2) is 5.82 Å². The average molecular weight is 501 g/mol. The van der Waals surface area contributed by atoms with E-state index < -0.39 is 0 Å². The van der Waals surface area contributed by atoms with E-state index in [1.807, 2.05) is 42.5 Å². The Labute approximate surface area is 201 Å². The number of nitrogens with one attached hydrogen (secondary N) is 2. The monoisotopic (exact) mass is 500 g/mol. The van der Waals surface area contributed by atoms with E-state index in [2.05, 4.69) is 25.5 Å². The Morgan fingerprint density at radius 2 is 2.00 bits per heavy atom. The highest BCUT2D eigenvalue weighted by Crippen LogP contribution is 2.38. The van der Waals surface area contributed by atoms with Crippen LogP contribution >= 0.6 is 46.8 Å². The van der Waals surface area contributed by atoms with E-state index in [0.717, 1.165) is 27.6 Å². The molecule has 0 saturated heterocycles. The van der Waals surface area contributed by atoms with Crippen molar-refractivity contribution in [2.75, 3.05) is 0 Å². The number of ether oxygens (including phenoxy) is 1. The minimum absolute atomic E-state index is 0.183. The number of fused-ring (bicyclic) bond motifs is 1. The highest BCUT2D eigenvalue weighted by Gasteiger charge is 2.14. The molecule has 0 saturated carbocycles. The Hall–Kier alpha value is -2.98. The fourth-order valence-corrected chi connectivity index (χ4v) is 4.91. The van der Waals surface area contributed by atoms with Crippen molar-refractivity contribution in [3.63, 3.8) is 0 Å². The lowest BCUT2D eigenvalue weighted by Crippen LogP contribution is -2.04. The minimum Gasteiger partial charge on any atom is -0.485 e. The van der Waals surface area contributed by atoms with E-state index in [-0.39, 0.29) is 6.61 Å². The molecule has 5 rings (SSSR count). The van der Waals surface area contributed by atoms with Crippen molar-refractivity contribution in [1.82, 2.24) is 25.1 Å². The summed E-state index contributed by atoms with van der Waals surface area (Å²) < 4.78 is 9.05. The molecule has 3 heterocycles. The molecule has 11 heteroatoms. The van der Waals surface area contributed by atoms with Crippen molar-refractivity contribution in [2.24, 2.45) is 5.10 Å². The molecule has 32 heavy (non-hydrogen) atoms. The molecule has 0 bridgehead atoms. The van der Waals surface area contributed by atoms with E-state index in [1.54, 1.807) is 18.5 Å². The number of nitrogens with zero attached hydrogens (tertiary/aromatic N) is 4. The summed E-state index contributed by atoms with van der Waals surface area (Å²) in [6, 6.07) is 15.7. The molecule has 7 nitrogen and oxygen atoms in total. The second kappa shape index (κ2) is 8.87. The third-order valence-electron chi connectivity index (χ3n) is 4.73. The van der Waals surface area contributed by atoms with Gasteiger partial charge in [-0.15, -0.1) is 11.3 Å². The Kier molecular flexibility index (Phi) is 5.79. The maximum absolute atomic E-state index is 6.29. The van der Waals surface area contributed by atoms with Gasteiger partial charge in [-0.05, 0) is 29.7 Å². The molecule has 0 fully saturated rings. The van der Waals surface area contributed by atoms with Crippen LogP contribution in [0.3, 0.4) is 0 Å². The highest BCUT2D eigenvalue weighted by molar-refractivity contribution is 7.71. The predicted octanol–water partition coefficient (Wildman–Crippen LogP) is 6.31. The summed E-state index contributed by atoms with van der Waals surface area (Å²) >= 11 is 19.0. The van der Waals surface area contributed by atoms with Crippen LogP contribution in [0.15, 0.2) is 59.8 Å². The van der Waals surface area contributed by atoms with Gasteiger partial charge in [-0.3, -0.25) is 5.10 Å². The van der Waals surface area contributed by atoms with Crippen molar-refractivity contribution in [3.05, 3.63) is 79.6 Å². The van der Waals surface area contributed by atoms with Crippen LogP contribution in [-0.2, 0) is 6.61 Å². The van der Waals surface area contributed by atoms with E-state index in [4.69, 9.17) is 40.2 Å². The Bertz CT molecular complexity index is 1490. The lowest BCUT2D eigenvalue weighted by Gasteiger charge is -2.08. The van der Waals surface area contributed by atoms with E-state index in [9.17, 15) is 0 Å². The highest BCUT2D eigenvalue weighted by atomic mass is 35.5. The molecular formula is C21H14Cl2N6OS2. The zero-order valence-electron chi connectivity index (χ0n) is 16.3. The van der Waals surface area contributed by atoms with Gasteiger partial charge in [-0.1, -0.05) is 59.6 Å². The third-order valence-corrected chi connectivity index (χ3v) is 6.48. The van der Waals surface area contributed by atoms with Crippen LogP contribution in [0.5, 0.6) is 5.75 Å². The number of rotatable bonds is 6. The quantitative estimate of drug-likeness (QED) is 0.211. The number of H-pyrrole nitrogens is 2. The lowest BCUT2D eigenvalue weighted by molar-refractivity contribution is 0.294. The van der Waals surface area contributed by atoms with Crippen LogP contribution in [0.4, 0.5) is 0 Å². The molecule has 0 aliphatic rings. The summed E-state index contributed by atoms with van der Waals surface area (Å²) in [7, 11) is 0. The molecule has 0 spiro atoms. The standard InChI is InChI=1S/C21H14Cl2N6OS2/c22-17-8-15(20(23)32-17)19-13(9-24-27-19)10-25-29-18(26-28-21(29)31)11-30-16-7-3-5-12-4-1-2-6-14(12)16/h1-10H,11H2,(H,24,27)(H,28,31)/b25-10+. The molecule has 2 N–H and O–H groups in total. The number of hydrogen-bond donors (Lipinski definition) is 2. The molecule has 0 unspecified atom stereocenters. The van der Waals surface area contributed by atoms with Crippen molar-refractivity contribution in [1.29, 1.82) is 0 Å². The summed E-state index contributed by atoms with van der Waals surface area (Å²) in [6.45, 7) is 0.183. The van der Waals surface area contributed by atoms with Gasteiger partial charge in [0.1, 0.15) is 16.7 Å². The van der Waals surface area contributed by atoms with Crippen LogP contribution < -0.4 is 4.74 Å². The Morgan fingerprint density at radius 3 is 2.84 bits per heavy atom. The number of benzene rings is 2. The van der Waals surface area contributed by atoms with Gasteiger partial charge < -0.3 is 4.74 Å². The zero-order chi connectivity index (χ0) is 22.1. The van der Waals surface area contributed by atoms with Crippen molar-refractivity contribution in [2.45, 2.75) is 6.61 Å². The van der Waals surface area contributed by atoms with Gasteiger partial charge >= 0.3 is 0 Å². The fraction of sp³-hybridized carbons (Fsp3) is 0.0476. The van der Waals surface area contributed by atoms with Crippen molar-refractivity contribution >= 4 is 63.7 Å². The van der Waals surface area contributed by atoms with Crippen LogP contribution in [-0.4, -0.2) is 31.3 Å². The van der Waals surface area contributed by atoms with Crippen LogP contribution in [0.1, 0.15) is 11.4 Å². The fourth-order valence-electron chi connectivity index (χ4n) is 3.24. The van der Waals surface area contributed by atoms with E-state index in [0.29, 0.717) is 25.0 Å². The molecule has 5 aromatic rings. The van der Waals surface area contributed by atoms with Gasteiger partial charge in [0.25, 0.3) is 0 Å². The average Bonchev–Trinajstić information content (AvgIpc) is 3.49. The van der Waals surface area contributed by atoms with Gasteiger partial charge in [-0.2, -0.15) is 20.0 Å². The molecule has 0 amide bonds. The predicted molar refractivity (Wildman–Crippen MR) is 131 cm³/mol. The molecule has 3 aromatic heterocycles. The van der Waals surface area contributed by atoms with Crippen LogP contribution in [0, 0.1) is 4.77 Å². The number of aromatic nitrogens is 5. The summed E-state index contributed by atoms with van der Waals surface area (Å²) in [5, 5.41) is 20.7. The van der Waals surface area contributed by atoms with Crippen molar-refractivity contribution < 1.29 is 4.74 Å². The smallest absolute Gasteiger partial charge is 0.216 e. The van der Waals surface area contributed by atoms with E-state index in [1.165, 1.54) is 16.0 Å². The molecule has 0 aliphatic heterocycles. The minimum atomic E-state index is 0.183. The summed E-state index contributed by atoms with van der Waals surface area (Å²) in [5.74, 6) is 1.29. The first-order valence-corrected chi connectivity index (χ1v) is 11.4. The molecular weight excluding hydrogens is 487 g/mol. The molecule has 160 valence electrons. The summed E-state index contributed by atoms with van der Waals surface area (Å²) in [6.07, 6.45) is 3.28. The maximum Gasteiger partial charge on any atom is 0.216 e. The number of thiophene rings is 1. The van der Waals surface area contributed by atoms with Gasteiger partial charge in [0, 0.05) is 16.5 Å². The van der Waals surface area contributed by atoms with Gasteiger partial charge in [0.05, 0.1) is 22.4 Å². The topological polar surface area (TPSA) is 83.9 Å². The van der Waals surface area contributed by atoms with E-state index >= 15 is 0 Å². The summed E-state index contributed by atoms with van der Waals surface area (Å²) in [5.41, 5.74) is 2.20. The normalized spacial score (nSPS) is 11.6. The number of hydrogen-bond acceptors (Lipinski definition) is 6. The molecule has 0 aliphatic carbocycles. The maximum atomic E-state index is 6.29. The molecule has 0 radical (unpaired) electrons. The van der Waals surface area contributed by atoms with Gasteiger partial charge in [0.2, 0.25) is 4.77 Å². The van der Waals surface area contributed by atoms with Crippen LogP contribution in [0.25, 0.3) is 22.0 Å². The number of aromatic amines is 2. The van der Waals surface area contributed by atoms with Crippen molar-refractivity contribution in [3.8, 4) is 17.0 Å². The first kappa shape index (κ1) is 20.9. The second-order valence-electron chi connectivity index (χ2n) is 6.71. The molecule has 0 atom stereocenters. The third kappa shape index (κ3) is 4.07. The molecule has 2 aromatic carbocycles. The van der Waals surface area contributed by atoms with Crippen LogP contribution in [0.2, 0.25) is 8.67 Å². The summed E-state index contributed by atoms with van der Waals surface area (Å²) in [4.78, 5) is 0. The first-order chi connectivity index (χ1) is 15.6. The Balaban J connectivity index is 1.41. The zero-order valence-corrected chi connectivity index (χ0v) is 19.4. The Morgan fingerprint density at radius 1 is 1.16 bits per heavy atom.